The molecule has 0 aliphatic heterocycles. The van der Waals surface area contributed by atoms with Crippen molar-refractivity contribution in [3.63, 3.8) is 0 Å². The van der Waals surface area contributed by atoms with Crippen LogP contribution < -0.4 is 5.32 Å². The van der Waals surface area contributed by atoms with Gasteiger partial charge in [0.2, 0.25) is 0 Å². The Balaban J connectivity index is 2.01. The normalized spacial score (nSPS) is 12.2. The van der Waals surface area contributed by atoms with Gasteiger partial charge in [-0.25, -0.2) is 0 Å². The number of aryl methyl sites for hydroxylation is 1. The lowest BCUT2D eigenvalue weighted by Gasteiger charge is -2.11. The van der Waals surface area contributed by atoms with Crippen molar-refractivity contribution >= 4 is 17.7 Å². The van der Waals surface area contributed by atoms with E-state index in [4.69, 9.17) is 4.42 Å². The Morgan fingerprint density at radius 3 is 2.90 bits per heavy atom. The molecule has 0 bridgehead atoms. The maximum Gasteiger partial charge on any atom is 0.251 e. The molecule has 1 atom stereocenters. The molecule has 0 saturated heterocycles. The van der Waals surface area contributed by atoms with Crippen LogP contribution >= 0.6 is 11.8 Å². The summed E-state index contributed by atoms with van der Waals surface area (Å²) in [5, 5.41) is 12.6. The Morgan fingerprint density at radius 2 is 2.25 bits per heavy atom. The smallest absolute Gasteiger partial charge is 0.251 e. The van der Waals surface area contributed by atoms with Crippen LogP contribution in [0.5, 0.6) is 0 Å². The van der Waals surface area contributed by atoms with Crippen molar-refractivity contribution in [3.8, 4) is 0 Å². The molecule has 4 nitrogen and oxygen atoms in total. The quantitative estimate of drug-likeness (QED) is 0.832. The number of carbonyl (C=O) groups is 1. The molecule has 1 heterocycles. The predicted octanol–water partition coefficient (Wildman–Crippen LogP) is 2.77. The Bertz CT molecular complexity index is 581. The second kappa shape index (κ2) is 6.63. The Labute approximate surface area is 122 Å². The van der Waals surface area contributed by atoms with Gasteiger partial charge in [0.15, 0.2) is 0 Å². The van der Waals surface area contributed by atoms with Gasteiger partial charge in [0, 0.05) is 10.5 Å². The van der Waals surface area contributed by atoms with Crippen LogP contribution in [-0.4, -0.2) is 23.8 Å². The number of nitrogens with one attached hydrogen (secondary N) is 1. The number of hydrogen-bond acceptors (Lipinski definition) is 4. The van der Waals surface area contributed by atoms with Crippen molar-refractivity contribution in [2.75, 3.05) is 12.8 Å². The molecule has 0 saturated carbocycles. The highest BCUT2D eigenvalue weighted by molar-refractivity contribution is 7.98. The van der Waals surface area contributed by atoms with Crippen LogP contribution in [-0.2, 0) is 0 Å². The number of aliphatic hydroxyl groups excluding tert-OH is 1. The second-order valence-corrected chi connectivity index (χ2v) is 5.30. The molecule has 2 N–H and O–H groups in total. The lowest BCUT2D eigenvalue weighted by molar-refractivity contribution is 0.0900. The first kappa shape index (κ1) is 14.7. The molecule has 1 unspecified atom stereocenters. The standard InChI is InChI=1S/C15H17NO3S/c1-10-5-6-11(20-2)8-12(10)15(18)16-9-13(17)14-4-3-7-19-14/h3-8,13,17H,9H2,1-2H3,(H,16,18). The van der Waals surface area contributed by atoms with E-state index in [0.717, 1.165) is 10.5 Å². The van der Waals surface area contributed by atoms with E-state index in [1.807, 2.05) is 31.4 Å². The third-order valence-corrected chi connectivity index (χ3v) is 3.74. The molecular weight excluding hydrogens is 274 g/mol. The van der Waals surface area contributed by atoms with Crippen LogP contribution in [0.15, 0.2) is 45.9 Å². The van der Waals surface area contributed by atoms with Crippen LogP contribution in [0.1, 0.15) is 27.8 Å². The average Bonchev–Trinajstić information content (AvgIpc) is 2.99. The number of benzene rings is 1. The monoisotopic (exact) mass is 291 g/mol. The molecule has 1 aromatic heterocycles. The average molecular weight is 291 g/mol. The van der Waals surface area contributed by atoms with Crippen molar-refractivity contribution < 1.29 is 14.3 Å². The number of furan rings is 1. The molecule has 5 heteroatoms. The van der Waals surface area contributed by atoms with Gasteiger partial charge in [0.25, 0.3) is 5.91 Å². The first-order valence-electron chi connectivity index (χ1n) is 6.26. The second-order valence-electron chi connectivity index (χ2n) is 4.42. The van der Waals surface area contributed by atoms with Crippen LogP contribution in [0.4, 0.5) is 0 Å². The minimum atomic E-state index is -0.835. The van der Waals surface area contributed by atoms with Crippen LogP contribution in [0, 0.1) is 6.92 Å². The summed E-state index contributed by atoms with van der Waals surface area (Å²) in [6.07, 6.45) is 2.62. The summed E-state index contributed by atoms with van der Waals surface area (Å²) in [5.74, 6) is 0.254. The topological polar surface area (TPSA) is 62.5 Å². The van der Waals surface area contributed by atoms with Crippen molar-refractivity contribution in [1.82, 2.24) is 5.32 Å². The summed E-state index contributed by atoms with van der Waals surface area (Å²) in [7, 11) is 0. The van der Waals surface area contributed by atoms with Gasteiger partial charge in [-0.05, 0) is 43.0 Å². The van der Waals surface area contributed by atoms with Crippen molar-refractivity contribution in [1.29, 1.82) is 0 Å². The minimum absolute atomic E-state index is 0.120. The highest BCUT2D eigenvalue weighted by Gasteiger charge is 2.14. The molecule has 0 spiro atoms. The molecule has 2 aromatic rings. The summed E-state index contributed by atoms with van der Waals surface area (Å²) < 4.78 is 5.09. The third kappa shape index (κ3) is 3.43. The molecular formula is C15H17NO3S. The summed E-state index contributed by atoms with van der Waals surface area (Å²) in [5.41, 5.74) is 1.54. The van der Waals surface area contributed by atoms with E-state index in [-0.39, 0.29) is 12.5 Å². The fraction of sp³-hybridized carbons (Fsp3) is 0.267. The van der Waals surface area contributed by atoms with Gasteiger partial charge in [-0.1, -0.05) is 6.07 Å². The summed E-state index contributed by atoms with van der Waals surface area (Å²) in [6.45, 7) is 2.01. The highest BCUT2D eigenvalue weighted by atomic mass is 32.2. The Hall–Kier alpha value is -1.72. The zero-order valence-electron chi connectivity index (χ0n) is 11.4. The Kier molecular flexibility index (Phi) is 4.87. The molecule has 0 fully saturated rings. The fourth-order valence-electron chi connectivity index (χ4n) is 1.84. The molecule has 20 heavy (non-hydrogen) atoms. The van der Waals surface area contributed by atoms with Crippen LogP contribution in [0.25, 0.3) is 0 Å². The number of thioether (sulfide) groups is 1. The molecule has 0 radical (unpaired) electrons. The van der Waals surface area contributed by atoms with Crippen molar-refractivity contribution in [2.45, 2.75) is 17.9 Å². The first-order chi connectivity index (χ1) is 9.61. The number of aliphatic hydroxyl groups is 1. The van der Waals surface area contributed by atoms with E-state index >= 15 is 0 Å². The SMILES string of the molecule is CSc1ccc(C)c(C(=O)NCC(O)c2ccco2)c1. The van der Waals surface area contributed by atoms with Gasteiger partial charge in [-0.3, -0.25) is 4.79 Å². The largest absolute Gasteiger partial charge is 0.467 e. The first-order valence-corrected chi connectivity index (χ1v) is 7.48. The highest BCUT2D eigenvalue weighted by Crippen LogP contribution is 2.19. The van der Waals surface area contributed by atoms with E-state index in [0.29, 0.717) is 11.3 Å². The van der Waals surface area contributed by atoms with E-state index in [9.17, 15) is 9.90 Å². The number of amides is 1. The molecule has 0 aliphatic rings. The molecule has 1 amide bonds. The van der Waals surface area contributed by atoms with E-state index in [1.165, 1.54) is 6.26 Å². The van der Waals surface area contributed by atoms with Gasteiger partial charge >= 0.3 is 0 Å². The number of carbonyl (C=O) groups excluding carboxylic acids is 1. The fourth-order valence-corrected chi connectivity index (χ4v) is 2.28. The molecule has 1 aromatic carbocycles. The van der Waals surface area contributed by atoms with E-state index in [1.54, 1.807) is 23.9 Å². The van der Waals surface area contributed by atoms with E-state index < -0.39 is 6.10 Å². The summed E-state index contributed by atoms with van der Waals surface area (Å²) >= 11 is 1.59. The van der Waals surface area contributed by atoms with Crippen LogP contribution in [0.2, 0.25) is 0 Å². The maximum atomic E-state index is 12.1. The third-order valence-electron chi connectivity index (χ3n) is 3.02. The zero-order chi connectivity index (χ0) is 14.5. The Morgan fingerprint density at radius 1 is 1.45 bits per heavy atom. The van der Waals surface area contributed by atoms with Gasteiger partial charge in [0.1, 0.15) is 11.9 Å². The van der Waals surface area contributed by atoms with Gasteiger partial charge in [0.05, 0.1) is 12.8 Å². The van der Waals surface area contributed by atoms with Crippen LogP contribution in [0.3, 0.4) is 0 Å². The van der Waals surface area contributed by atoms with Gasteiger partial charge < -0.3 is 14.8 Å². The zero-order valence-corrected chi connectivity index (χ0v) is 12.2. The molecule has 0 aliphatic carbocycles. The summed E-state index contributed by atoms with van der Waals surface area (Å²) in [6, 6.07) is 9.13. The summed E-state index contributed by atoms with van der Waals surface area (Å²) in [4.78, 5) is 13.2. The van der Waals surface area contributed by atoms with E-state index in [2.05, 4.69) is 5.32 Å². The number of hydrogen-bond donors (Lipinski definition) is 2. The minimum Gasteiger partial charge on any atom is -0.467 e. The van der Waals surface area contributed by atoms with Gasteiger partial charge in [-0.2, -0.15) is 0 Å². The lowest BCUT2D eigenvalue weighted by Crippen LogP contribution is -2.28. The van der Waals surface area contributed by atoms with Crippen molar-refractivity contribution in [3.05, 3.63) is 53.5 Å². The van der Waals surface area contributed by atoms with Crippen molar-refractivity contribution in [2.24, 2.45) is 0 Å². The number of rotatable bonds is 5. The van der Waals surface area contributed by atoms with Gasteiger partial charge in [-0.15, -0.1) is 11.8 Å². The maximum absolute atomic E-state index is 12.1. The molecule has 2 rings (SSSR count). The molecule has 106 valence electrons. The lowest BCUT2D eigenvalue weighted by atomic mass is 10.1. The predicted molar refractivity (Wildman–Crippen MR) is 79.0 cm³/mol.